The summed E-state index contributed by atoms with van der Waals surface area (Å²) < 4.78 is 4.93. The number of thioether (sulfide) groups is 1. The maximum atomic E-state index is 12.4. The van der Waals surface area contributed by atoms with Crippen LogP contribution in [-0.4, -0.2) is 65.2 Å². The summed E-state index contributed by atoms with van der Waals surface area (Å²) in [6.07, 6.45) is 0. The van der Waals surface area contributed by atoms with Crippen LogP contribution in [0.3, 0.4) is 0 Å². The molecular weight excluding hydrogens is 388 g/mol. The number of benzene rings is 1. The lowest BCUT2D eigenvalue weighted by Crippen LogP contribution is -2.50. The first-order valence-corrected chi connectivity index (χ1v) is 9.97. The first-order chi connectivity index (χ1) is 13.0. The van der Waals surface area contributed by atoms with Crippen molar-refractivity contribution < 1.29 is 14.1 Å². The molecule has 0 atom stereocenters. The molecule has 2 heterocycles. The molecule has 1 aromatic carbocycles. The summed E-state index contributed by atoms with van der Waals surface area (Å²) in [6, 6.07) is 9.13. The van der Waals surface area contributed by atoms with Gasteiger partial charge in [-0.1, -0.05) is 16.8 Å². The monoisotopic (exact) mass is 408 g/mol. The zero-order chi connectivity index (χ0) is 19.2. The molecular formula is C18H21ClN4O3S. The number of nitrogens with one attached hydrogen (secondary N) is 1. The van der Waals surface area contributed by atoms with Crippen molar-refractivity contribution in [1.82, 2.24) is 15.0 Å². The largest absolute Gasteiger partial charge is 0.360 e. The molecule has 1 saturated heterocycles. The molecule has 1 N–H and O–H groups in total. The highest BCUT2D eigenvalue weighted by Crippen LogP contribution is 2.21. The van der Waals surface area contributed by atoms with E-state index in [0.717, 1.165) is 4.90 Å². The first kappa shape index (κ1) is 19.7. The third kappa shape index (κ3) is 5.98. The molecule has 2 amide bonds. The minimum absolute atomic E-state index is 0.108. The first-order valence-electron chi connectivity index (χ1n) is 8.61. The van der Waals surface area contributed by atoms with Crippen LogP contribution in [0.4, 0.5) is 5.82 Å². The fourth-order valence-corrected chi connectivity index (χ4v) is 3.66. The number of rotatable bonds is 6. The van der Waals surface area contributed by atoms with Gasteiger partial charge in [-0.25, -0.2) is 0 Å². The molecule has 1 aromatic heterocycles. The third-order valence-corrected chi connectivity index (χ3v) is 5.41. The SMILES string of the molecule is Cc1cc(NC(=O)CN2CCN(C(=O)CSc3ccc(Cl)cc3)CC2)no1. The number of hydrogen-bond acceptors (Lipinski definition) is 6. The average Bonchev–Trinajstić information content (AvgIpc) is 3.06. The third-order valence-electron chi connectivity index (χ3n) is 4.16. The van der Waals surface area contributed by atoms with Gasteiger partial charge in [0, 0.05) is 42.2 Å². The molecule has 1 fully saturated rings. The Hall–Kier alpha value is -2.03. The van der Waals surface area contributed by atoms with Crippen molar-refractivity contribution in [2.45, 2.75) is 11.8 Å². The smallest absolute Gasteiger partial charge is 0.239 e. The number of piperazine rings is 1. The molecule has 0 saturated carbocycles. The molecule has 0 unspecified atom stereocenters. The Morgan fingerprint density at radius 3 is 2.56 bits per heavy atom. The topological polar surface area (TPSA) is 78.7 Å². The zero-order valence-electron chi connectivity index (χ0n) is 15.0. The summed E-state index contributed by atoms with van der Waals surface area (Å²) in [5, 5.41) is 7.14. The van der Waals surface area contributed by atoms with E-state index < -0.39 is 0 Å². The number of amides is 2. The second-order valence-corrected chi connectivity index (χ2v) is 7.76. The standard InChI is InChI=1S/C18H21ClN4O3S/c1-13-10-16(21-26-13)20-17(24)11-22-6-8-23(9-7-22)18(25)12-27-15-4-2-14(19)3-5-15/h2-5,10H,6-9,11-12H2,1H3,(H,20,21,24). The molecule has 2 aromatic rings. The number of anilines is 1. The van der Waals surface area contributed by atoms with E-state index in [2.05, 4.69) is 10.5 Å². The molecule has 0 spiro atoms. The van der Waals surface area contributed by atoms with Crippen LogP contribution in [0.5, 0.6) is 0 Å². The van der Waals surface area contributed by atoms with Crippen LogP contribution in [0.25, 0.3) is 0 Å². The summed E-state index contributed by atoms with van der Waals surface area (Å²) in [4.78, 5) is 29.3. The highest BCUT2D eigenvalue weighted by Gasteiger charge is 2.22. The van der Waals surface area contributed by atoms with E-state index >= 15 is 0 Å². The fraction of sp³-hybridized carbons (Fsp3) is 0.389. The number of halogens is 1. The van der Waals surface area contributed by atoms with E-state index in [0.29, 0.717) is 48.5 Å². The van der Waals surface area contributed by atoms with Gasteiger partial charge >= 0.3 is 0 Å². The molecule has 1 aliphatic heterocycles. The van der Waals surface area contributed by atoms with Gasteiger partial charge < -0.3 is 14.7 Å². The molecule has 144 valence electrons. The van der Waals surface area contributed by atoms with Gasteiger partial charge in [0.25, 0.3) is 0 Å². The number of carbonyl (C=O) groups is 2. The molecule has 27 heavy (non-hydrogen) atoms. The van der Waals surface area contributed by atoms with E-state index in [1.165, 1.54) is 11.8 Å². The Balaban J connectivity index is 1.38. The van der Waals surface area contributed by atoms with Crippen molar-refractivity contribution in [2.75, 3.05) is 43.8 Å². The quantitative estimate of drug-likeness (QED) is 0.740. The molecule has 9 heteroatoms. The van der Waals surface area contributed by atoms with Crippen molar-refractivity contribution in [3.8, 4) is 0 Å². The van der Waals surface area contributed by atoms with Crippen LogP contribution in [0.1, 0.15) is 5.76 Å². The van der Waals surface area contributed by atoms with Crippen molar-refractivity contribution in [3.63, 3.8) is 0 Å². The van der Waals surface area contributed by atoms with Crippen molar-refractivity contribution in [1.29, 1.82) is 0 Å². The van der Waals surface area contributed by atoms with Gasteiger partial charge in [0.05, 0.1) is 12.3 Å². The van der Waals surface area contributed by atoms with Gasteiger partial charge in [-0.05, 0) is 31.2 Å². The number of aryl methyl sites for hydroxylation is 1. The van der Waals surface area contributed by atoms with Gasteiger partial charge in [0.2, 0.25) is 11.8 Å². The predicted molar refractivity (Wildman–Crippen MR) is 105 cm³/mol. The average molecular weight is 409 g/mol. The van der Waals surface area contributed by atoms with Crippen molar-refractivity contribution in [2.24, 2.45) is 0 Å². The maximum absolute atomic E-state index is 12.4. The zero-order valence-corrected chi connectivity index (χ0v) is 16.6. The summed E-state index contributed by atoms with van der Waals surface area (Å²) in [5.41, 5.74) is 0. The Kier molecular flexibility index (Phi) is 6.76. The minimum atomic E-state index is -0.138. The number of nitrogens with zero attached hydrogens (tertiary/aromatic N) is 3. The molecule has 3 rings (SSSR count). The van der Waals surface area contributed by atoms with E-state index in [1.807, 2.05) is 34.1 Å². The highest BCUT2D eigenvalue weighted by molar-refractivity contribution is 8.00. The number of hydrogen-bond donors (Lipinski definition) is 1. The van der Waals surface area contributed by atoms with Gasteiger partial charge in [-0.2, -0.15) is 0 Å². The van der Waals surface area contributed by atoms with Crippen LogP contribution in [0, 0.1) is 6.92 Å². The summed E-state index contributed by atoms with van der Waals surface area (Å²) in [7, 11) is 0. The van der Waals surface area contributed by atoms with Crippen LogP contribution >= 0.6 is 23.4 Å². The highest BCUT2D eigenvalue weighted by atomic mass is 35.5. The maximum Gasteiger partial charge on any atom is 0.239 e. The Labute approximate surface area is 167 Å². The summed E-state index contributed by atoms with van der Waals surface area (Å²) in [6.45, 7) is 4.62. The molecule has 1 aliphatic rings. The van der Waals surface area contributed by atoms with E-state index in [4.69, 9.17) is 16.1 Å². The van der Waals surface area contributed by atoms with Crippen molar-refractivity contribution in [3.05, 3.63) is 41.1 Å². The van der Waals surface area contributed by atoms with Gasteiger partial charge in [0.15, 0.2) is 5.82 Å². The Morgan fingerprint density at radius 1 is 1.22 bits per heavy atom. The van der Waals surface area contributed by atoms with E-state index in [1.54, 1.807) is 13.0 Å². The second-order valence-electron chi connectivity index (χ2n) is 6.27. The lowest BCUT2D eigenvalue weighted by Gasteiger charge is -2.34. The van der Waals surface area contributed by atoms with Crippen LogP contribution in [0.15, 0.2) is 39.8 Å². The molecule has 7 nitrogen and oxygen atoms in total. The van der Waals surface area contributed by atoms with Crippen LogP contribution in [0.2, 0.25) is 5.02 Å². The van der Waals surface area contributed by atoms with E-state index in [9.17, 15) is 9.59 Å². The lowest BCUT2D eigenvalue weighted by atomic mass is 10.3. The number of aromatic nitrogens is 1. The minimum Gasteiger partial charge on any atom is -0.360 e. The second kappa shape index (κ2) is 9.25. The summed E-state index contributed by atoms with van der Waals surface area (Å²) in [5.74, 6) is 1.44. The Bertz CT molecular complexity index is 788. The molecule has 0 bridgehead atoms. The molecule has 0 radical (unpaired) electrons. The fourth-order valence-electron chi connectivity index (χ4n) is 2.73. The van der Waals surface area contributed by atoms with Gasteiger partial charge in [0.1, 0.15) is 5.76 Å². The predicted octanol–water partition coefficient (Wildman–Crippen LogP) is 2.51. The molecule has 0 aliphatic carbocycles. The van der Waals surface area contributed by atoms with E-state index in [-0.39, 0.29) is 18.4 Å². The number of carbonyl (C=O) groups excluding carboxylic acids is 2. The van der Waals surface area contributed by atoms with Gasteiger partial charge in [-0.15, -0.1) is 11.8 Å². The summed E-state index contributed by atoms with van der Waals surface area (Å²) >= 11 is 7.37. The lowest BCUT2D eigenvalue weighted by molar-refractivity contribution is -0.130. The van der Waals surface area contributed by atoms with Crippen LogP contribution in [-0.2, 0) is 9.59 Å². The van der Waals surface area contributed by atoms with Crippen LogP contribution < -0.4 is 5.32 Å². The van der Waals surface area contributed by atoms with Crippen molar-refractivity contribution >= 4 is 41.0 Å². The Morgan fingerprint density at radius 2 is 1.93 bits per heavy atom. The normalized spacial score (nSPS) is 15.0. The van der Waals surface area contributed by atoms with Gasteiger partial charge in [-0.3, -0.25) is 14.5 Å².